The van der Waals surface area contributed by atoms with E-state index in [1.807, 2.05) is 13.8 Å². The third-order valence-electron chi connectivity index (χ3n) is 5.61. The SMILES string of the molecule is Cc1nnc(SCC2=C(C(=O)O)N3C(=O)[C@H](NC(=O)[C@H](C)Cn4nc(C)c(Cl)c4C)[C@@H]3SC2)s1. The molecule has 1 saturated heterocycles. The van der Waals surface area contributed by atoms with Crippen LogP contribution >= 0.6 is 46.5 Å². The van der Waals surface area contributed by atoms with E-state index in [0.29, 0.717) is 34.3 Å². The third kappa shape index (κ3) is 4.70. The highest BCUT2D eigenvalue weighted by Gasteiger charge is 2.54. The van der Waals surface area contributed by atoms with Crippen LogP contribution in [0, 0.1) is 26.7 Å². The molecular weight excluding hydrogens is 520 g/mol. The number of aryl methyl sites for hydroxylation is 2. The molecule has 4 heterocycles. The average Bonchev–Trinajstić information content (AvgIpc) is 3.32. The van der Waals surface area contributed by atoms with Crippen molar-refractivity contribution in [3.05, 3.63) is 32.7 Å². The number of β-lactam (4-membered cyclic amide) rings is 1. The first-order valence-corrected chi connectivity index (χ1v) is 13.6. The van der Waals surface area contributed by atoms with Gasteiger partial charge in [0.25, 0.3) is 5.91 Å². The lowest BCUT2D eigenvalue weighted by molar-refractivity contribution is -0.151. The number of thioether (sulfide) groups is 2. The molecule has 0 aromatic carbocycles. The number of hydrogen-bond acceptors (Lipinski definition) is 9. The topological polar surface area (TPSA) is 130 Å². The average molecular weight is 543 g/mol. The summed E-state index contributed by atoms with van der Waals surface area (Å²) in [5.41, 5.74) is 2.12. The predicted octanol–water partition coefficient (Wildman–Crippen LogP) is 2.48. The molecule has 182 valence electrons. The predicted molar refractivity (Wildman–Crippen MR) is 131 cm³/mol. The summed E-state index contributed by atoms with van der Waals surface area (Å²) in [5, 5.41) is 25.9. The zero-order valence-corrected chi connectivity index (χ0v) is 22.1. The lowest BCUT2D eigenvalue weighted by Gasteiger charge is -2.49. The standard InChI is InChI=1S/C20H23ClN6O4S3/c1-8(5-26-10(3)13(21)9(2)25-26)16(28)22-14-17(29)27-15(19(30)31)12(6-32-18(14)27)7-33-20-24-23-11(4)34-20/h8,14,18H,5-7H2,1-4H3,(H,22,28)(H,30,31)/t8-,14+,18+/m1/s1. The van der Waals surface area contributed by atoms with E-state index >= 15 is 0 Å². The summed E-state index contributed by atoms with van der Waals surface area (Å²) in [6, 6.07) is -0.765. The van der Waals surface area contributed by atoms with Crippen LogP contribution in [0.15, 0.2) is 15.6 Å². The van der Waals surface area contributed by atoms with Crippen molar-refractivity contribution in [3.63, 3.8) is 0 Å². The monoisotopic (exact) mass is 542 g/mol. The van der Waals surface area contributed by atoms with Crippen molar-refractivity contribution in [1.82, 2.24) is 30.2 Å². The molecule has 34 heavy (non-hydrogen) atoms. The minimum absolute atomic E-state index is 0.00156. The number of amides is 2. The quantitative estimate of drug-likeness (QED) is 0.381. The minimum Gasteiger partial charge on any atom is -0.477 e. The van der Waals surface area contributed by atoms with E-state index in [1.54, 1.807) is 18.5 Å². The van der Waals surface area contributed by atoms with Gasteiger partial charge < -0.3 is 10.4 Å². The Morgan fingerprint density at radius 2 is 2.06 bits per heavy atom. The van der Waals surface area contributed by atoms with E-state index in [2.05, 4.69) is 20.6 Å². The van der Waals surface area contributed by atoms with Crippen molar-refractivity contribution >= 4 is 64.2 Å². The highest BCUT2D eigenvalue weighted by Crippen LogP contribution is 2.41. The van der Waals surface area contributed by atoms with Crippen molar-refractivity contribution in [2.24, 2.45) is 5.92 Å². The zero-order chi connectivity index (χ0) is 24.7. The Balaban J connectivity index is 1.41. The minimum atomic E-state index is -1.15. The van der Waals surface area contributed by atoms with E-state index in [0.717, 1.165) is 15.0 Å². The van der Waals surface area contributed by atoms with Gasteiger partial charge in [0.1, 0.15) is 22.1 Å². The van der Waals surface area contributed by atoms with Crippen LogP contribution in [0.2, 0.25) is 5.02 Å². The zero-order valence-electron chi connectivity index (χ0n) is 18.9. The second kappa shape index (κ2) is 9.88. The van der Waals surface area contributed by atoms with Crippen LogP contribution in [-0.2, 0) is 20.9 Å². The number of fused-ring (bicyclic) bond motifs is 1. The second-order valence-corrected chi connectivity index (χ2v) is 12.0. The number of halogens is 1. The summed E-state index contributed by atoms with van der Waals surface area (Å²) in [4.78, 5) is 39.0. The summed E-state index contributed by atoms with van der Waals surface area (Å²) in [6.45, 7) is 7.56. The van der Waals surface area contributed by atoms with Crippen LogP contribution in [0.5, 0.6) is 0 Å². The second-order valence-electron chi connectivity index (χ2n) is 8.10. The van der Waals surface area contributed by atoms with Crippen LogP contribution in [0.1, 0.15) is 23.3 Å². The van der Waals surface area contributed by atoms with E-state index in [4.69, 9.17) is 11.6 Å². The van der Waals surface area contributed by atoms with Crippen molar-refractivity contribution < 1.29 is 19.5 Å². The van der Waals surface area contributed by atoms with Gasteiger partial charge in [-0.05, 0) is 26.3 Å². The Morgan fingerprint density at radius 1 is 1.32 bits per heavy atom. The molecule has 2 aromatic heterocycles. The van der Waals surface area contributed by atoms with Crippen LogP contribution in [0.4, 0.5) is 0 Å². The van der Waals surface area contributed by atoms with Gasteiger partial charge in [0.2, 0.25) is 5.91 Å². The molecule has 0 bridgehead atoms. The maximum absolute atomic E-state index is 12.9. The molecule has 2 N–H and O–H groups in total. The molecular formula is C20H23ClN6O4S3. The van der Waals surface area contributed by atoms with Crippen LogP contribution in [-0.4, -0.2) is 70.7 Å². The molecule has 0 radical (unpaired) electrons. The van der Waals surface area contributed by atoms with Crippen LogP contribution < -0.4 is 5.32 Å². The molecule has 0 unspecified atom stereocenters. The van der Waals surface area contributed by atoms with Gasteiger partial charge in [0.15, 0.2) is 4.34 Å². The number of aromatic nitrogens is 4. The lowest BCUT2D eigenvalue weighted by atomic mass is 10.0. The van der Waals surface area contributed by atoms with Crippen molar-refractivity contribution in [2.45, 2.75) is 50.0 Å². The summed E-state index contributed by atoms with van der Waals surface area (Å²) in [5.74, 6) is -1.47. The van der Waals surface area contributed by atoms with Crippen LogP contribution in [0.3, 0.4) is 0 Å². The van der Waals surface area contributed by atoms with Gasteiger partial charge in [-0.2, -0.15) is 5.10 Å². The fourth-order valence-corrected chi connectivity index (χ4v) is 7.21. The number of hydrogen-bond donors (Lipinski definition) is 2. The number of nitrogens with one attached hydrogen (secondary N) is 1. The first-order valence-electron chi connectivity index (χ1n) is 10.4. The van der Waals surface area contributed by atoms with E-state index < -0.39 is 29.2 Å². The molecule has 4 rings (SSSR count). The van der Waals surface area contributed by atoms with Crippen molar-refractivity contribution in [2.75, 3.05) is 11.5 Å². The Morgan fingerprint density at radius 3 is 2.65 bits per heavy atom. The molecule has 2 aliphatic heterocycles. The fraction of sp³-hybridized carbons (Fsp3) is 0.500. The molecule has 2 amide bonds. The van der Waals surface area contributed by atoms with Crippen molar-refractivity contribution in [3.8, 4) is 0 Å². The van der Waals surface area contributed by atoms with Gasteiger partial charge >= 0.3 is 5.97 Å². The summed E-state index contributed by atoms with van der Waals surface area (Å²) in [6.07, 6.45) is 0. The van der Waals surface area contributed by atoms with E-state index in [-0.39, 0.29) is 11.6 Å². The molecule has 2 aromatic rings. The Hall–Kier alpha value is -2.09. The maximum Gasteiger partial charge on any atom is 0.352 e. The van der Waals surface area contributed by atoms with Gasteiger partial charge in [0, 0.05) is 11.5 Å². The van der Waals surface area contributed by atoms with Gasteiger partial charge in [0.05, 0.1) is 28.9 Å². The van der Waals surface area contributed by atoms with E-state index in [1.165, 1.54) is 39.8 Å². The first kappa shape index (κ1) is 25.0. The molecule has 0 saturated carbocycles. The molecule has 0 spiro atoms. The maximum atomic E-state index is 12.9. The Labute approximate surface area is 213 Å². The highest BCUT2D eigenvalue weighted by molar-refractivity contribution is 8.01. The number of nitrogens with zero attached hydrogens (tertiary/aromatic N) is 5. The molecule has 10 nitrogen and oxygen atoms in total. The third-order valence-corrected chi connectivity index (χ3v) is 9.56. The Bertz CT molecular complexity index is 1200. The summed E-state index contributed by atoms with van der Waals surface area (Å²) in [7, 11) is 0. The number of carbonyl (C=O) groups excluding carboxylic acids is 2. The van der Waals surface area contributed by atoms with Gasteiger partial charge in [-0.3, -0.25) is 19.2 Å². The van der Waals surface area contributed by atoms with Gasteiger partial charge in [-0.25, -0.2) is 4.79 Å². The first-order chi connectivity index (χ1) is 16.1. The summed E-state index contributed by atoms with van der Waals surface area (Å²) >= 11 is 10.5. The van der Waals surface area contributed by atoms with Gasteiger partial charge in [-0.1, -0.05) is 41.6 Å². The summed E-state index contributed by atoms with van der Waals surface area (Å²) < 4.78 is 2.43. The molecule has 2 aliphatic rings. The van der Waals surface area contributed by atoms with Gasteiger partial charge in [-0.15, -0.1) is 22.0 Å². The lowest BCUT2D eigenvalue weighted by Crippen LogP contribution is -2.71. The fourth-order valence-electron chi connectivity index (χ4n) is 3.77. The number of carboxylic acids is 1. The normalized spacial score (nSPS) is 20.7. The molecule has 1 fully saturated rings. The number of aliphatic carboxylic acids is 1. The largest absolute Gasteiger partial charge is 0.477 e. The number of carbonyl (C=O) groups is 3. The van der Waals surface area contributed by atoms with Crippen molar-refractivity contribution in [1.29, 1.82) is 0 Å². The molecule has 14 heteroatoms. The number of carboxylic acid groups (broad SMARTS) is 1. The smallest absolute Gasteiger partial charge is 0.352 e. The van der Waals surface area contributed by atoms with Crippen LogP contribution in [0.25, 0.3) is 0 Å². The molecule has 3 atom stereocenters. The highest BCUT2D eigenvalue weighted by atomic mass is 35.5. The number of rotatable bonds is 8. The van der Waals surface area contributed by atoms with E-state index in [9.17, 15) is 19.5 Å². The Kier molecular flexibility index (Phi) is 7.27. The molecule has 0 aliphatic carbocycles.